The summed E-state index contributed by atoms with van der Waals surface area (Å²) >= 11 is 5.90. The Labute approximate surface area is 154 Å². The number of rotatable bonds is 5. The van der Waals surface area contributed by atoms with E-state index in [0.29, 0.717) is 24.7 Å². The number of hydrogen-bond donors (Lipinski definition) is 0. The predicted octanol–water partition coefficient (Wildman–Crippen LogP) is 3.55. The van der Waals surface area contributed by atoms with Gasteiger partial charge in [-0.2, -0.15) is 4.31 Å². The fourth-order valence-corrected chi connectivity index (χ4v) is 4.54. The van der Waals surface area contributed by atoms with Crippen LogP contribution in [0.5, 0.6) is 0 Å². The van der Waals surface area contributed by atoms with Gasteiger partial charge in [-0.3, -0.25) is 0 Å². The zero-order valence-electron chi connectivity index (χ0n) is 14.2. The van der Waals surface area contributed by atoms with E-state index in [0.717, 1.165) is 30.6 Å². The second-order valence-electron chi connectivity index (χ2n) is 6.30. The maximum Gasteiger partial charge on any atom is 0.244 e. The van der Waals surface area contributed by atoms with Crippen LogP contribution in [0.1, 0.15) is 24.8 Å². The number of sulfonamides is 1. The van der Waals surface area contributed by atoms with E-state index in [4.69, 9.17) is 11.6 Å². The van der Waals surface area contributed by atoms with Crippen molar-refractivity contribution in [2.75, 3.05) is 25.0 Å². The molecule has 2 heterocycles. The fraction of sp³-hybridized carbons (Fsp3) is 0.389. The molecule has 1 fully saturated rings. The van der Waals surface area contributed by atoms with Crippen molar-refractivity contribution >= 4 is 27.4 Å². The molecule has 0 radical (unpaired) electrons. The van der Waals surface area contributed by atoms with Gasteiger partial charge in [0.25, 0.3) is 0 Å². The van der Waals surface area contributed by atoms with Gasteiger partial charge in [-0.05, 0) is 42.7 Å². The van der Waals surface area contributed by atoms with Gasteiger partial charge in [0.05, 0.1) is 0 Å². The first-order valence-corrected chi connectivity index (χ1v) is 10.2. The summed E-state index contributed by atoms with van der Waals surface area (Å²) in [6.45, 7) is 1.86. The first-order valence-electron chi connectivity index (χ1n) is 8.38. The molecule has 0 amide bonds. The molecule has 2 aromatic rings. The van der Waals surface area contributed by atoms with E-state index in [-0.39, 0.29) is 4.90 Å². The van der Waals surface area contributed by atoms with Gasteiger partial charge in [-0.15, -0.1) is 0 Å². The van der Waals surface area contributed by atoms with Crippen molar-refractivity contribution in [1.29, 1.82) is 0 Å². The molecule has 134 valence electrons. The Morgan fingerprint density at radius 1 is 1.08 bits per heavy atom. The summed E-state index contributed by atoms with van der Waals surface area (Å²) in [5.74, 6) is 0.729. The first-order chi connectivity index (χ1) is 12.0. The van der Waals surface area contributed by atoms with E-state index < -0.39 is 10.0 Å². The molecule has 0 atom stereocenters. The maximum atomic E-state index is 12.7. The molecule has 1 aromatic heterocycles. The van der Waals surface area contributed by atoms with Gasteiger partial charge in [0.1, 0.15) is 10.7 Å². The largest absolute Gasteiger partial charge is 0.355 e. The number of aromatic nitrogens is 1. The molecule has 0 aliphatic carbocycles. The summed E-state index contributed by atoms with van der Waals surface area (Å²) in [7, 11) is -1.50. The number of benzene rings is 1. The van der Waals surface area contributed by atoms with Crippen molar-refractivity contribution < 1.29 is 8.42 Å². The van der Waals surface area contributed by atoms with Crippen molar-refractivity contribution in [2.45, 2.75) is 30.7 Å². The molecule has 3 rings (SSSR count). The zero-order chi connectivity index (χ0) is 17.9. The van der Waals surface area contributed by atoms with Crippen LogP contribution in [0.3, 0.4) is 0 Å². The third-order valence-corrected chi connectivity index (χ3v) is 6.53. The molecule has 1 saturated heterocycles. The molecular weight excluding hydrogens is 358 g/mol. The molecule has 1 aliphatic heterocycles. The number of nitrogens with zero attached hydrogens (tertiary/aromatic N) is 3. The van der Waals surface area contributed by atoms with Crippen LogP contribution in [0.25, 0.3) is 0 Å². The lowest BCUT2D eigenvalue weighted by molar-refractivity contribution is 0.346. The Bertz CT molecular complexity index is 801. The Kier molecular flexibility index (Phi) is 5.61. The highest BCUT2D eigenvalue weighted by Gasteiger charge is 2.26. The van der Waals surface area contributed by atoms with Crippen molar-refractivity contribution in [2.24, 2.45) is 0 Å². The van der Waals surface area contributed by atoms with Crippen LogP contribution in [0, 0.1) is 0 Å². The van der Waals surface area contributed by atoms with Crippen molar-refractivity contribution in [3.8, 4) is 0 Å². The van der Waals surface area contributed by atoms with Crippen LogP contribution in [-0.4, -0.2) is 37.8 Å². The number of anilines is 1. The number of piperidine rings is 1. The lowest BCUT2D eigenvalue weighted by atomic mass is 10.2. The van der Waals surface area contributed by atoms with Crippen LogP contribution in [0.2, 0.25) is 5.02 Å². The Morgan fingerprint density at radius 3 is 2.36 bits per heavy atom. The highest BCUT2D eigenvalue weighted by molar-refractivity contribution is 7.89. The Hall–Kier alpha value is -1.63. The number of hydrogen-bond acceptors (Lipinski definition) is 4. The summed E-state index contributed by atoms with van der Waals surface area (Å²) in [5.41, 5.74) is 1.11. The van der Waals surface area contributed by atoms with Gasteiger partial charge in [-0.25, -0.2) is 13.4 Å². The molecule has 1 aliphatic rings. The lowest BCUT2D eigenvalue weighted by Crippen LogP contribution is -2.35. The standard InChI is InChI=1S/C18H22ClN3O2S/c1-21(14-15-5-7-16(19)8-6-15)18-10-9-17(13-20-18)25(23,24)22-11-3-2-4-12-22/h5-10,13H,2-4,11-12,14H2,1H3. The van der Waals surface area contributed by atoms with Gasteiger partial charge in [-0.1, -0.05) is 30.2 Å². The second kappa shape index (κ2) is 7.72. The summed E-state index contributed by atoms with van der Waals surface area (Å²) in [6, 6.07) is 11.0. The SMILES string of the molecule is CN(Cc1ccc(Cl)cc1)c1ccc(S(=O)(=O)N2CCCCC2)cn1. The third-order valence-electron chi connectivity index (χ3n) is 4.40. The number of pyridine rings is 1. The second-order valence-corrected chi connectivity index (χ2v) is 8.67. The lowest BCUT2D eigenvalue weighted by Gasteiger charge is -2.26. The minimum Gasteiger partial charge on any atom is -0.355 e. The van der Waals surface area contributed by atoms with Gasteiger partial charge >= 0.3 is 0 Å². The van der Waals surface area contributed by atoms with E-state index in [1.807, 2.05) is 36.2 Å². The topological polar surface area (TPSA) is 53.5 Å². The van der Waals surface area contributed by atoms with E-state index in [1.54, 1.807) is 16.4 Å². The quantitative estimate of drug-likeness (QED) is 0.797. The molecule has 0 spiro atoms. The van der Waals surface area contributed by atoms with E-state index in [2.05, 4.69) is 4.98 Å². The highest BCUT2D eigenvalue weighted by atomic mass is 35.5. The molecule has 0 unspecified atom stereocenters. The van der Waals surface area contributed by atoms with Gasteiger partial charge < -0.3 is 4.90 Å². The molecule has 0 N–H and O–H groups in total. The monoisotopic (exact) mass is 379 g/mol. The summed E-state index contributed by atoms with van der Waals surface area (Å²) < 4.78 is 26.9. The molecule has 0 bridgehead atoms. The predicted molar refractivity (Wildman–Crippen MR) is 100 cm³/mol. The minimum absolute atomic E-state index is 0.262. The van der Waals surface area contributed by atoms with Gasteiger partial charge in [0, 0.05) is 37.9 Å². The van der Waals surface area contributed by atoms with Crippen LogP contribution < -0.4 is 4.90 Å². The highest BCUT2D eigenvalue weighted by Crippen LogP contribution is 2.22. The van der Waals surface area contributed by atoms with E-state index >= 15 is 0 Å². The Morgan fingerprint density at radius 2 is 1.76 bits per heavy atom. The average molecular weight is 380 g/mol. The van der Waals surface area contributed by atoms with Crippen LogP contribution in [-0.2, 0) is 16.6 Å². The normalized spacial score (nSPS) is 15.9. The molecular formula is C18H22ClN3O2S. The molecule has 0 saturated carbocycles. The summed E-state index contributed by atoms with van der Waals surface area (Å²) in [4.78, 5) is 6.58. The molecule has 7 heteroatoms. The fourth-order valence-electron chi connectivity index (χ4n) is 2.95. The van der Waals surface area contributed by atoms with Gasteiger partial charge in [0.2, 0.25) is 10.0 Å². The van der Waals surface area contributed by atoms with Crippen LogP contribution >= 0.6 is 11.6 Å². The van der Waals surface area contributed by atoms with Gasteiger partial charge in [0.15, 0.2) is 0 Å². The number of halogens is 1. The van der Waals surface area contributed by atoms with Crippen LogP contribution in [0.15, 0.2) is 47.5 Å². The first kappa shape index (κ1) is 18.2. The molecule has 25 heavy (non-hydrogen) atoms. The van der Waals surface area contributed by atoms with Crippen molar-refractivity contribution in [1.82, 2.24) is 9.29 Å². The summed E-state index contributed by atoms with van der Waals surface area (Å²) in [6.07, 6.45) is 4.40. The molecule has 1 aromatic carbocycles. The Balaban J connectivity index is 1.71. The smallest absolute Gasteiger partial charge is 0.244 e. The van der Waals surface area contributed by atoms with Crippen molar-refractivity contribution in [3.05, 3.63) is 53.2 Å². The maximum absolute atomic E-state index is 12.7. The van der Waals surface area contributed by atoms with E-state index in [9.17, 15) is 8.42 Å². The van der Waals surface area contributed by atoms with E-state index in [1.165, 1.54) is 6.20 Å². The van der Waals surface area contributed by atoms with Crippen LogP contribution in [0.4, 0.5) is 5.82 Å². The minimum atomic E-state index is -3.43. The third kappa shape index (κ3) is 4.32. The summed E-state index contributed by atoms with van der Waals surface area (Å²) in [5, 5.41) is 0.705. The molecule has 5 nitrogen and oxygen atoms in total. The van der Waals surface area contributed by atoms with Crippen molar-refractivity contribution in [3.63, 3.8) is 0 Å². The zero-order valence-corrected chi connectivity index (χ0v) is 15.8. The average Bonchev–Trinajstić information content (AvgIpc) is 2.64.